The van der Waals surface area contributed by atoms with Crippen molar-refractivity contribution in [1.82, 2.24) is 15.6 Å². The molecule has 0 aliphatic carbocycles. The Hall–Kier alpha value is -2.27. The number of fused-ring (bicyclic) bond motifs is 1. The summed E-state index contributed by atoms with van der Waals surface area (Å²) >= 11 is 3.41. The van der Waals surface area contributed by atoms with Crippen LogP contribution in [0.15, 0.2) is 59.2 Å². The molecule has 0 unspecified atom stereocenters. The smallest absolute Gasteiger partial charge is 0.314 e. The van der Waals surface area contributed by atoms with Crippen molar-refractivity contribution in [3.63, 3.8) is 0 Å². The van der Waals surface area contributed by atoms with E-state index in [0.29, 0.717) is 13.1 Å². The normalized spacial score (nSPS) is 10.7. The minimum Gasteiger partial charge on any atom is -0.361 e. The Labute approximate surface area is 149 Å². The van der Waals surface area contributed by atoms with Gasteiger partial charge in [0.05, 0.1) is 0 Å². The third kappa shape index (κ3) is 4.38. The van der Waals surface area contributed by atoms with Crippen LogP contribution in [0.4, 0.5) is 4.79 Å². The first kappa shape index (κ1) is 16.6. The van der Waals surface area contributed by atoms with Gasteiger partial charge in [-0.15, -0.1) is 0 Å². The lowest BCUT2D eigenvalue weighted by Crippen LogP contribution is -2.37. The van der Waals surface area contributed by atoms with Crippen LogP contribution in [-0.4, -0.2) is 24.1 Å². The molecule has 2 amide bonds. The minimum absolute atomic E-state index is 0.119. The number of nitrogens with one attached hydrogen (secondary N) is 3. The molecule has 0 saturated heterocycles. The lowest BCUT2D eigenvalue weighted by molar-refractivity contribution is 0.241. The molecular formula is C19H20BrN3O. The van der Waals surface area contributed by atoms with Crippen molar-refractivity contribution in [3.8, 4) is 0 Å². The van der Waals surface area contributed by atoms with Crippen molar-refractivity contribution in [2.24, 2.45) is 0 Å². The predicted molar refractivity (Wildman–Crippen MR) is 101 cm³/mol. The number of aromatic amines is 1. The van der Waals surface area contributed by atoms with Gasteiger partial charge in [-0.1, -0.05) is 46.3 Å². The highest BCUT2D eigenvalue weighted by Crippen LogP contribution is 2.17. The summed E-state index contributed by atoms with van der Waals surface area (Å²) in [6.07, 6.45) is 3.64. The van der Waals surface area contributed by atoms with E-state index in [4.69, 9.17) is 0 Å². The lowest BCUT2D eigenvalue weighted by atomic mass is 10.1. The molecule has 3 aromatic rings. The molecule has 5 heteroatoms. The van der Waals surface area contributed by atoms with Crippen LogP contribution in [0.1, 0.15) is 11.1 Å². The fourth-order valence-electron chi connectivity index (χ4n) is 2.68. The molecule has 0 radical (unpaired) electrons. The maximum absolute atomic E-state index is 11.8. The SMILES string of the molecule is O=C(NCCc1ccc(Br)cc1)NCCc1c[nH]c2ccccc12. The number of aromatic nitrogens is 1. The van der Waals surface area contributed by atoms with Gasteiger partial charge in [-0.3, -0.25) is 0 Å². The molecule has 24 heavy (non-hydrogen) atoms. The number of urea groups is 1. The number of para-hydroxylation sites is 1. The van der Waals surface area contributed by atoms with Crippen molar-refractivity contribution < 1.29 is 4.79 Å². The van der Waals surface area contributed by atoms with Gasteiger partial charge in [0.15, 0.2) is 0 Å². The van der Waals surface area contributed by atoms with E-state index >= 15 is 0 Å². The monoisotopic (exact) mass is 385 g/mol. The van der Waals surface area contributed by atoms with Crippen LogP contribution in [0.5, 0.6) is 0 Å². The van der Waals surface area contributed by atoms with Crippen molar-refractivity contribution in [3.05, 3.63) is 70.3 Å². The van der Waals surface area contributed by atoms with Gasteiger partial charge >= 0.3 is 6.03 Å². The Kier molecular flexibility index (Phi) is 5.54. The van der Waals surface area contributed by atoms with Crippen LogP contribution in [0, 0.1) is 0 Å². The zero-order valence-electron chi connectivity index (χ0n) is 13.3. The molecule has 0 fully saturated rings. The fourth-order valence-corrected chi connectivity index (χ4v) is 2.95. The average molecular weight is 386 g/mol. The highest BCUT2D eigenvalue weighted by atomic mass is 79.9. The van der Waals surface area contributed by atoms with Crippen molar-refractivity contribution in [2.45, 2.75) is 12.8 Å². The maximum atomic E-state index is 11.8. The predicted octanol–water partition coefficient (Wildman–Crippen LogP) is 4.01. The van der Waals surface area contributed by atoms with Gasteiger partial charge in [0.2, 0.25) is 0 Å². The van der Waals surface area contributed by atoms with E-state index in [1.54, 1.807) is 0 Å². The van der Waals surface area contributed by atoms with E-state index in [1.165, 1.54) is 16.5 Å². The second-order valence-corrected chi connectivity index (χ2v) is 6.58. The van der Waals surface area contributed by atoms with Crippen molar-refractivity contribution >= 4 is 32.9 Å². The molecular weight excluding hydrogens is 366 g/mol. The molecule has 0 saturated carbocycles. The third-order valence-corrected chi connectivity index (χ3v) is 4.50. The zero-order chi connectivity index (χ0) is 16.8. The molecule has 0 bridgehead atoms. The largest absolute Gasteiger partial charge is 0.361 e. The molecule has 1 heterocycles. The van der Waals surface area contributed by atoms with Crippen LogP contribution in [0.2, 0.25) is 0 Å². The van der Waals surface area contributed by atoms with Crippen LogP contribution in [0.25, 0.3) is 10.9 Å². The van der Waals surface area contributed by atoms with E-state index in [0.717, 1.165) is 22.8 Å². The number of amides is 2. The third-order valence-electron chi connectivity index (χ3n) is 3.97. The molecule has 0 spiro atoms. The van der Waals surface area contributed by atoms with E-state index in [9.17, 15) is 4.79 Å². The number of hydrogen-bond donors (Lipinski definition) is 3. The van der Waals surface area contributed by atoms with Gasteiger partial charge in [-0.2, -0.15) is 0 Å². The van der Waals surface area contributed by atoms with Gasteiger partial charge < -0.3 is 15.6 Å². The molecule has 0 aliphatic heterocycles. The van der Waals surface area contributed by atoms with Crippen molar-refractivity contribution in [2.75, 3.05) is 13.1 Å². The van der Waals surface area contributed by atoms with E-state index in [-0.39, 0.29) is 6.03 Å². The Bertz CT molecular complexity index is 811. The van der Waals surface area contributed by atoms with Gasteiger partial charge in [-0.05, 0) is 42.2 Å². The maximum Gasteiger partial charge on any atom is 0.314 e. The second kappa shape index (κ2) is 8.02. The number of halogens is 1. The summed E-state index contributed by atoms with van der Waals surface area (Å²) in [6, 6.07) is 16.2. The number of benzene rings is 2. The minimum atomic E-state index is -0.119. The summed E-state index contributed by atoms with van der Waals surface area (Å²) in [6.45, 7) is 1.24. The second-order valence-electron chi connectivity index (χ2n) is 5.67. The van der Waals surface area contributed by atoms with Crippen LogP contribution < -0.4 is 10.6 Å². The summed E-state index contributed by atoms with van der Waals surface area (Å²) in [5.74, 6) is 0. The molecule has 3 rings (SSSR count). The number of carbonyl (C=O) groups excluding carboxylic acids is 1. The van der Waals surface area contributed by atoms with E-state index in [2.05, 4.69) is 55.8 Å². The quantitative estimate of drug-likeness (QED) is 0.589. The zero-order valence-corrected chi connectivity index (χ0v) is 14.9. The topological polar surface area (TPSA) is 56.9 Å². The molecule has 124 valence electrons. The first-order valence-corrected chi connectivity index (χ1v) is 8.83. The Morgan fingerprint density at radius 2 is 1.67 bits per heavy atom. The molecule has 1 aromatic heterocycles. The van der Waals surface area contributed by atoms with Gasteiger partial charge in [0, 0.05) is 34.7 Å². The number of rotatable bonds is 6. The highest BCUT2D eigenvalue weighted by Gasteiger charge is 2.04. The molecule has 2 aromatic carbocycles. The summed E-state index contributed by atoms with van der Waals surface area (Å²) < 4.78 is 1.06. The Balaban J connectivity index is 1.39. The molecule has 3 N–H and O–H groups in total. The standard InChI is InChI=1S/C19H20BrN3O/c20-16-7-5-14(6-8-16)9-11-21-19(24)22-12-10-15-13-23-18-4-2-1-3-17(15)18/h1-8,13,23H,9-12H2,(H2,21,22,24). The van der Waals surface area contributed by atoms with Crippen LogP contribution in [0.3, 0.4) is 0 Å². The molecule has 0 atom stereocenters. The number of carbonyl (C=O) groups is 1. The van der Waals surface area contributed by atoms with Crippen molar-refractivity contribution in [1.29, 1.82) is 0 Å². The van der Waals surface area contributed by atoms with E-state index in [1.807, 2.05) is 30.5 Å². The average Bonchev–Trinajstić information content (AvgIpc) is 3.00. The summed E-state index contributed by atoms with van der Waals surface area (Å²) in [5, 5.41) is 7.02. The van der Waals surface area contributed by atoms with E-state index < -0.39 is 0 Å². The first-order chi connectivity index (χ1) is 11.7. The number of H-pyrrole nitrogens is 1. The van der Waals surface area contributed by atoms with Gasteiger partial charge in [0.25, 0.3) is 0 Å². The first-order valence-electron chi connectivity index (χ1n) is 8.03. The fraction of sp³-hybridized carbons (Fsp3) is 0.211. The summed E-state index contributed by atoms with van der Waals surface area (Å²) in [5.41, 5.74) is 3.56. The van der Waals surface area contributed by atoms with Crippen LogP contribution >= 0.6 is 15.9 Å². The lowest BCUT2D eigenvalue weighted by Gasteiger charge is -2.07. The molecule has 0 aliphatic rings. The van der Waals surface area contributed by atoms with Gasteiger partial charge in [0.1, 0.15) is 0 Å². The van der Waals surface area contributed by atoms with Crippen LogP contribution in [-0.2, 0) is 12.8 Å². The summed E-state index contributed by atoms with van der Waals surface area (Å²) in [7, 11) is 0. The highest BCUT2D eigenvalue weighted by molar-refractivity contribution is 9.10. The Morgan fingerprint density at radius 1 is 0.958 bits per heavy atom. The molecule has 4 nitrogen and oxygen atoms in total. The van der Waals surface area contributed by atoms with Gasteiger partial charge in [-0.25, -0.2) is 4.79 Å². The number of hydrogen-bond acceptors (Lipinski definition) is 1. The Morgan fingerprint density at radius 3 is 2.46 bits per heavy atom. The summed E-state index contributed by atoms with van der Waals surface area (Å²) in [4.78, 5) is 15.1.